The molecule has 0 aliphatic carbocycles. The summed E-state index contributed by atoms with van der Waals surface area (Å²) in [6.45, 7) is 17.4. The largest absolute Gasteiger partial charge is 0.392 e. The van der Waals surface area contributed by atoms with Crippen molar-refractivity contribution >= 4 is 12.7 Å². The lowest BCUT2D eigenvalue weighted by Gasteiger charge is -2.10. The molecule has 0 amide bonds. The topological polar surface area (TPSA) is 20.2 Å². The normalized spacial score (nSPS) is 13.5. The van der Waals surface area contributed by atoms with Crippen LogP contribution >= 0.6 is 0 Å². The molecule has 0 heterocycles. The van der Waals surface area contributed by atoms with Crippen LogP contribution in [0, 0.1) is 13.3 Å². The highest BCUT2D eigenvalue weighted by Crippen LogP contribution is 2.17. The van der Waals surface area contributed by atoms with E-state index in [4.69, 9.17) is 5.11 Å². The molecule has 1 nitrogen and oxygen atoms in total. The molecule has 0 aromatic heterocycles. The van der Waals surface area contributed by atoms with Gasteiger partial charge in [-0.25, -0.2) is 0 Å². The van der Waals surface area contributed by atoms with Crippen molar-refractivity contribution in [2.24, 2.45) is 0 Å². The van der Waals surface area contributed by atoms with E-state index in [1.165, 1.54) is 38.3 Å². The average Bonchev–Trinajstić information content (AvgIpc) is 2.60. The van der Waals surface area contributed by atoms with Gasteiger partial charge in [-0.15, -0.1) is 0 Å². The van der Waals surface area contributed by atoms with E-state index >= 15 is 0 Å². The first-order valence-electron chi connectivity index (χ1n) is 9.42. The summed E-state index contributed by atoms with van der Waals surface area (Å²) < 4.78 is 0. The molecular weight excluding hydrogens is 304 g/mol. The molecule has 1 heteroatoms. The van der Waals surface area contributed by atoms with E-state index in [1.807, 2.05) is 6.92 Å². The maximum atomic E-state index is 9.06. The first-order chi connectivity index (χ1) is 11.9. The Bertz CT molecular complexity index is 748. The van der Waals surface area contributed by atoms with E-state index in [0.29, 0.717) is 0 Å². The van der Waals surface area contributed by atoms with Crippen molar-refractivity contribution in [1.82, 2.24) is 0 Å². The molecule has 0 bridgehead atoms. The van der Waals surface area contributed by atoms with Crippen LogP contribution in [0.3, 0.4) is 0 Å². The van der Waals surface area contributed by atoms with Crippen molar-refractivity contribution in [2.75, 3.05) is 6.61 Å². The van der Waals surface area contributed by atoms with Gasteiger partial charge in [0.25, 0.3) is 0 Å². The van der Waals surface area contributed by atoms with Gasteiger partial charge in [-0.3, -0.25) is 0 Å². The molecule has 136 valence electrons. The molecule has 0 aliphatic rings. The van der Waals surface area contributed by atoms with Crippen LogP contribution in [0.2, 0.25) is 0 Å². The molecule has 0 fully saturated rings. The number of aliphatic hydroxyl groups is 1. The van der Waals surface area contributed by atoms with E-state index in [-0.39, 0.29) is 6.61 Å². The summed E-state index contributed by atoms with van der Waals surface area (Å²) in [4.78, 5) is 0. The monoisotopic (exact) mass is 339 g/mol. The third kappa shape index (κ3) is 5.37. The Hall–Kier alpha value is -1.73. The lowest BCUT2D eigenvalue weighted by molar-refractivity contribution is 0.331. The van der Waals surface area contributed by atoms with Gasteiger partial charge in [0.1, 0.15) is 5.56 Å². The van der Waals surface area contributed by atoms with Crippen LogP contribution < -0.4 is 10.4 Å². The summed E-state index contributed by atoms with van der Waals surface area (Å²) in [5.41, 5.74) is 8.01. The maximum Gasteiger partial charge on any atom is 0.140 e. The molecule has 0 spiro atoms. The van der Waals surface area contributed by atoms with E-state index in [9.17, 15) is 0 Å². The zero-order valence-corrected chi connectivity index (χ0v) is 17.0. The van der Waals surface area contributed by atoms with Crippen LogP contribution in [0.1, 0.15) is 69.7 Å². The fourth-order valence-corrected chi connectivity index (χ4v) is 3.48. The first-order valence-corrected chi connectivity index (χ1v) is 9.42. The van der Waals surface area contributed by atoms with Crippen LogP contribution in [0.25, 0.3) is 12.7 Å². The SMILES string of the molecule is C=c1c(C/C=C(\C)CC/C=C(\C)CO)c(C)c(CC)c([CH+]C)/c1=C\C. The summed E-state index contributed by atoms with van der Waals surface area (Å²) >= 11 is 0. The van der Waals surface area contributed by atoms with Gasteiger partial charge >= 0.3 is 0 Å². The van der Waals surface area contributed by atoms with E-state index in [1.54, 1.807) is 0 Å². The van der Waals surface area contributed by atoms with Gasteiger partial charge in [0.15, 0.2) is 0 Å². The highest BCUT2D eigenvalue weighted by Gasteiger charge is 2.18. The molecule has 1 N–H and O–H groups in total. The van der Waals surface area contributed by atoms with Crippen LogP contribution in [-0.4, -0.2) is 11.7 Å². The summed E-state index contributed by atoms with van der Waals surface area (Å²) in [6, 6.07) is 0. The molecule has 0 saturated carbocycles. The molecule has 0 aliphatic heterocycles. The first kappa shape index (κ1) is 21.3. The molecule has 0 unspecified atom stereocenters. The molecular formula is C24H35O+. The van der Waals surface area contributed by atoms with Gasteiger partial charge < -0.3 is 5.11 Å². The van der Waals surface area contributed by atoms with Crippen molar-refractivity contribution in [3.05, 3.63) is 62.4 Å². The van der Waals surface area contributed by atoms with Gasteiger partial charge in [-0.2, -0.15) is 0 Å². The fourth-order valence-electron chi connectivity index (χ4n) is 3.48. The van der Waals surface area contributed by atoms with Crippen molar-refractivity contribution < 1.29 is 5.11 Å². The molecule has 0 saturated heterocycles. The van der Waals surface area contributed by atoms with Gasteiger partial charge in [-0.1, -0.05) is 29.9 Å². The number of hydrogen-bond acceptors (Lipinski definition) is 1. The van der Waals surface area contributed by atoms with Crippen LogP contribution in [-0.2, 0) is 12.8 Å². The minimum atomic E-state index is 0.156. The summed E-state index contributed by atoms with van der Waals surface area (Å²) in [5, 5.41) is 11.5. The molecule has 1 rings (SSSR count). The van der Waals surface area contributed by atoms with Crippen LogP contribution in [0.15, 0.2) is 23.3 Å². The summed E-state index contributed by atoms with van der Waals surface area (Å²) in [6.07, 6.45) is 12.9. The standard InChI is InChI=1S/C24H35O/c1-8-21-19(6)24(20(7)22(9-2)23(21)10-3)15-14-17(4)12-11-13-18(5)16-25/h8,10,13-14,25H,6,9,11-12,15-16H2,1-5,7H3/q+1/b17-14+,18-13+,21-8-. The van der Waals surface area contributed by atoms with Gasteiger partial charge in [0.05, 0.1) is 17.4 Å². The lowest BCUT2D eigenvalue weighted by Crippen LogP contribution is -2.33. The zero-order chi connectivity index (χ0) is 19.0. The van der Waals surface area contributed by atoms with Crippen LogP contribution in [0.4, 0.5) is 0 Å². The quantitative estimate of drug-likeness (QED) is 0.544. The Morgan fingerprint density at radius 2 is 1.84 bits per heavy atom. The van der Waals surface area contributed by atoms with E-state index in [0.717, 1.165) is 31.3 Å². The van der Waals surface area contributed by atoms with Gasteiger partial charge in [0.2, 0.25) is 0 Å². The van der Waals surface area contributed by atoms with Crippen LogP contribution in [0.5, 0.6) is 0 Å². The minimum Gasteiger partial charge on any atom is -0.392 e. The molecule has 1 aromatic carbocycles. The Labute approximate surface area is 154 Å². The Morgan fingerprint density at radius 1 is 1.16 bits per heavy atom. The highest BCUT2D eigenvalue weighted by atomic mass is 16.3. The predicted octanol–water partition coefficient (Wildman–Crippen LogP) is 4.55. The van der Waals surface area contributed by atoms with Crippen molar-refractivity contribution in [1.29, 1.82) is 0 Å². The third-order valence-corrected chi connectivity index (χ3v) is 5.08. The van der Waals surface area contributed by atoms with Gasteiger partial charge in [0, 0.05) is 30.5 Å². The number of hydrogen-bond donors (Lipinski definition) is 1. The second kappa shape index (κ2) is 10.3. The smallest absolute Gasteiger partial charge is 0.140 e. The molecule has 25 heavy (non-hydrogen) atoms. The summed E-state index contributed by atoms with van der Waals surface area (Å²) in [7, 11) is 0. The number of aliphatic hydroxyl groups excluding tert-OH is 1. The average molecular weight is 340 g/mol. The highest BCUT2D eigenvalue weighted by molar-refractivity contribution is 5.49. The Balaban J connectivity index is 3.15. The van der Waals surface area contributed by atoms with Crippen molar-refractivity contribution in [3.8, 4) is 0 Å². The third-order valence-electron chi connectivity index (χ3n) is 5.08. The fraction of sp³-hybridized carbons (Fsp3) is 0.458. The van der Waals surface area contributed by atoms with Gasteiger partial charge in [-0.05, 0) is 65.5 Å². The van der Waals surface area contributed by atoms with E-state index < -0.39 is 0 Å². The second-order valence-corrected chi connectivity index (χ2v) is 6.82. The predicted molar refractivity (Wildman–Crippen MR) is 112 cm³/mol. The van der Waals surface area contributed by atoms with Crippen molar-refractivity contribution in [2.45, 2.75) is 67.2 Å². The second-order valence-electron chi connectivity index (χ2n) is 6.82. The number of rotatable bonds is 8. The number of benzene rings is 1. The van der Waals surface area contributed by atoms with Crippen molar-refractivity contribution in [3.63, 3.8) is 0 Å². The number of allylic oxidation sites excluding steroid dienone is 3. The minimum absolute atomic E-state index is 0.156. The molecule has 1 aromatic rings. The van der Waals surface area contributed by atoms with E-state index in [2.05, 4.69) is 65.8 Å². The summed E-state index contributed by atoms with van der Waals surface area (Å²) in [5.74, 6) is 0. The lowest BCUT2D eigenvalue weighted by atomic mass is 9.88. The zero-order valence-electron chi connectivity index (χ0n) is 17.0. The molecule has 0 radical (unpaired) electrons. The molecule has 0 atom stereocenters. The maximum absolute atomic E-state index is 9.06. The Kier molecular flexibility index (Phi) is 8.78. The Morgan fingerprint density at radius 3 is 2.36 bits per heavy atom.